The summed E-state index contributed by atoms with van der Waals surface area (Å²) in [4.78, 5) is 0. The van der Waals surface area contributed by atoms with Gasteiger partial charge in [0.2, 0.25) is 0 Å². The van der Waals surface area contributed by atoms with Gasteiger partial charge in [0.15, 0.2) is 11.5 Å². The van der Waals surface area contributed by atoms with Gasteiger partial charge in [0.1, 0.15) is 13.2 Å². The second kappa shape index (κ2) is 5.75. The Morgan fingerprint density at radius 1 is 1.19 bits per heavy atom. The molecule has 1 aliphatic heterocycles. The third kappa shape index (κ3) is 2.56. The van der Waals surface area contributed by atoms with Crippen LogP contribution < -0.4 is 9.47 Å². The van der Waals surface area contributed by atoms with Crippen molar-refractivity contribution in [2.75, 3.05) is 13.2 Å². The van der Waals surface area contributed by atoms with Crippen molar-refractivity contribution < 1.29 is 14.6 Å². The molecule has 3 rings (SSSR count). The highest BCUT2D eigenvalue weighted by molar-refractivity contribution is 6.32. The van der Waals surface area contributed by atoms with E-state index in [-0.39, 0.29) is 0 Å². The van der Waals surface area contributed by atoms with Crippen molar-refractivity contribution in [2.45, 2.75) is 38.2 Å². The molecule has 1 atom stereocenters. The number of benzene rings is 1. The molecule has 0 spiro atoms. The molecule has 2 aliphatic rings. The molecular formula is C16H18ClNO3. The predicted octanol–water partition coefficient (Wildman–Crippen LogP) is 3.62. The normalized spacial score (nSPS) is 21.4. The van der Waals surface area contributed by atoms with Gasteiger partial charge in [-0.1, -0.05) is 30.9 Å². The molecule has 1 fully saturated rings. The summed E-state index contributed by atoms with van der Waals surface area (Å²) in [5, 5.41) is 20.7. The van der Waals surface area contributed by atoms with Crippen molar-refractivity contribution in [3.63, 3.8) is 0 Å². The number of ether oxygens (including phenoxy) is 2. The van der Waals surface area contributed by atoms with Crippen LogP contribution in [0.25, 0.3) is 0 Å². The van der Waals surface area contributed by atoms with Gasteiger partial charge in [-0.2, -0.15) is 5.26 Å². The molecule has 1 aliphatic carbocycles. The molecule has 5 heteroatoms. The standard InChI is InChI=1S/C16H18ClNO3/c17-12-8-11(9-13-14(12)21-7-6-20-13)15(19)16(10-18)4-2-1-3-5-16/h8-9,15,19H,1-7H2. The van der Waals surface area contributed by atoms with Gasteiger partial charge in [-0.3, -0.25) is 0 Å². The molecule has 0 amide bonds. The van der Waals surface area contributed by atoms with Crippen molar-refractivity contribution in [3.05, 3.63) is 22.7 Å². The van der Waals surface area contributed by atoms with E-state index < -0.39 is 11.5 Å². The number of aliphatic hydroxyl groups is 1. The van der Waals surface area contributed by atoms with Gasteiger partial charge in [-0.25, -0.2) is 0 Å². The third-order valence-electron chi connectivity index (χ3n) is 4.43. The van der Waals surface area contributed by atoms with E-state index in [0.29, 0.717) is 35.3 Å². The Morgan fingerprint density at radius 2 is 1.90 bits per heavy atom. The van der Waals surface area contributed by atoms with Crippen LogP contribution >= 0.6 is 11.6 Å². The molecule has 1 heterocycles. The summed E-state index contributed by atoms with van der Waals surface area (Å²) in [6.07, 6.45) is 3.66. The van der Waals surface area contributed by atoms with E-state index in [1.807, 2.05) is 0 Å². The summed E-state index contributed by atoms with van der Waals surface area (Å²) in [5.74, 6) is 1.07. The highest BCUT2D eigenvalue weighted by Crippen LogP contribution is 2.48. The number of hydrogen-bond donors (Lipinski definition) is 1. The van der Waals surface area contributed by atoms with E-state index in [4.69, 9.17) is 21.1 Å². The SMILES string of the molecule is N#CC1(C(O)c2cc(Cl)c3c(c2)OCCO3)CCCCC1. The van der Waals surface area contributed by atoms with Gasteiger partial charge in [0.05, 0.1) is 22.6 Å². The van der Waals surface area contributed by atoms with Crippen LogP contribution in [0.5, 0.6) is 11.5 Å². The quantitative estimate of drug-likeness (QED) is 0.906. The lowest BCUT2D eigenvalue weighted by atomic mass is 9.69. The Balaban J connectivity index is 1.96. The minimum Gasteiger partial charge on any atom is -0.486 e. The van der Waals surface area contributed by atoms with Crippen LogP contribution in [0, 0.1) is 16.7 Å². The zero-order chi connectivity index (χ0) is 14.9. The Hall–Kier alpha value is -1.44. The number of aliphatic hydroxyl groups excluding tert-OH is 1. The van der Waals surface area contributed by atoms with Gasteiger partial charge in [-0.15, -0.1) is 0 Å². The van der Waals surface area contributed by atoms with Crippen LogP contribution in [0.1, 0.15) is 43.8 Å². The highest BCUT2D eigenvalue weighted by atomic mass is 35.5. The minimum atomic E-state index is -0.851. The molecule has 0 aromatic heterocycles. The summed E-state index contributed by atoms with van der Waals surface area (Å²) in [5.41, 5.74) is -0.0848. The monoisotopic (exact) mass is 307 g/mol. The maximum atomic E-state index is 10.7. The topological polar surface area (TPSA) is 62.5 Å². The van der Waals surface area contributed by atoms with Crippen LogP contribution in [0.15, 0.2) is 12.1 Å². The molecule has 1 aromatic rings. The second-order valence-electron chi connectivity index (χ2n) is 5.76. The Morgan fingerprint density at radius 3 is 2.62 bits per heavy atom. The molecule has 0 bridgehead atoms. The average molecular weight is 308 g/mol. The highest BCUT2D eigenvalue weighted by Gasteiger charge is 2.40. The molecule has 0 radical (unpaired) electrons. The third-order valence-corrected chi connectivity index (χ3v) is 4.71. The minimum absolute atomic E-state index is 0.421. The molecule has 1 unspecified atom stereocenters. The maximum absolute atomic E-state index is 10.7. The maximum Gasteiger partial charge on any atom is 0.179 e. The van der Waals surface area contributed by atoms with Crippen molar-refractivity contribution in [3.8, 4) is 17.6 Å². The van der Waals surface area contributed by atoms with Crippen LogP contribution in [0.2, 0.25) is 5.02 Å². The van der Waals surface area contributed by atoms with Crippen molar-refractivity contribution >= 4 is 11.6 Å². The van der Waals surface area contributed by atoms with Gasteiger partial charge in [0.25, 0.3) is 0 Å². The lowest BCUT2D eigenvalue weighted by molar-refractivity contribution is 0.0355. The van der Waals surface area contributed by atoms with Gasteiger partial charge >= 0.3 is 0 Å². The van der Waals surface area contributed by atoms with Gasteiger partial charge in [-0.05, 0) is 30.5 Å². The molecule has 1 saturated carbocycles. The summed E-state index contributed by atoms with van der Waals surface area (Å²) in [6, 6.07) is 5.79. The van der Waals surface area contributed by atoms with Crippen LogP contribution in [0.3, 0.4) is 0 Å². The molecule has 1 aromatic carbocycles. The smallest absolute Gasteiger partial charge is 0.179 e. The first-order valence-electron chi connectivity index (χ1n) is 7.35. The zero-order valence-electron chi connectivity index (χ0n) is 11.8. The number of rotatable bonds is 2. The van der Waals surface area contributed by atoms with Crippen molar-refractivity contribution in [2.24, 2.45) is 5.41 Å². The number of nitriles is 1. The van der Waals surface area contributed by atoms with E-state index in [1.165, 1.54) is 0 Å². The average Bonchev–Trinajstić information content (AvgIpc) is 2.54. The predicted molar refractivity (Wildman–Crippen MR) is 78.5 cm³/mol. The first-order valence-corrected chi connectivity index (χ1v) is 7.72. The zero-order valence-corrected chi connectivity index (χ0v) is 12.5. The summed E-state index contributed by atoms with van der Waals surface area (Å²) < 4.78 is 11.0. The van der Waals surface area contributed by atoms with E-state index in [0.717, 1.165) is 32.1 Å². The Labute approximate surface area is 129 Å². The van der Waals surface area contributed by atoms with Crippen LogP contribution in [0.4, 0.5) is 0 Å². The first kappa shape index (κ1) is 14.5. The van der Waals surface area contributed by atoms with Gasteiger partial charge in [0, 0.05) is 0 Å². The molecule has 1 N–H and O–H groups in total. The fourth-order valence-electron chi connectivity index (χ4n) is 3.24. The van der Waals surface area contributed by atoms with Crippen molar-refractivity contribution in [1.82, 2.24) is 0 Å². The largest absolute Gasteiger partial charge is 0.486 e. The van der Waals surface area contributed by atoms with E-state index in [9.17, 15) is 10.4 Å². The summed E-state index contributed by atoms with van der Waals surface area (Å²) in [6.45, 7) is 0.934. The lowest BCUT2D eigenvalue weighted by Gasteiger charge is -2.35. The second-order valence-corrected chi connectivity index (χ2v) is 6.17. The fourth-order valence-corrected chi connectivity index (χ4v) is 3.51. The number of hydrogen-bond acceptors (Lipinski definition) is 4. The summed E-state index contributed by atoms with van der Waals surface area (Å²) >= 11 is 6.22. The molecule has 21 heavy (non-hydrogen) atoms. The first-order chi connectivity index (χ1) is 10.2. The number of nitrogens with zero attached hydrogens (tertiary/aromatic N) is 1. The van der Waals surface area contributed by atoms with E-state index >= 15 is 0 Å². The van der Waals surface area contributed by atoms with Crippen LogP contribution in [-0.2, 0) is 0 Å². The van der Waals surface area contributed by atoms with Gasteiger partial charge < -0.3 is 14.6 Å². The molecule has 0 saturated heterocycles. The van der Waals surface area contributed by atoms with Crippen molar-refractivity contribution in [1.29, 1.82) is 5.26 Å². The molecule has 112 valence electrons. The number of halogens is 1. The number of fused-ring (bicyclic) bond motifs is 1. The van der Waals surface area contributed by atoms with Crippen LogP contribution in [-0.4, -0.2) is 18.3 Å². The summed E-state index contributed by atoms with van der Waals surface area (Å²) in [7, 11) is 0. The Bertz CT molecular complexity index is 576. The molecule has 4 nitrogen and oxygen atoms in total. The Kier molecular flexibility index (Phi) is 3.97. The van der Waals surface area contributed by atoms with E-state index in [2.05, 4.69) is 6.07 Å². The lowest BCUT2D eigenvalue weighted by Crippen LogP contribution is -2.30. The van der Waals surface area contributed by atoms with E-state index in [1.54, 1.807) is 12.1 Å². The molecular weight excluding hydrogens is 290 g/mol. The fraction of sp³-hybridized carbons (Fsp3) is 0.562.